The second kappa shape index (κ2) is 5.21. The van der Waals surface area contributed by atoms with E-state index < -0.39 is 0 Å². The van der Waals surface area contributed by atoms with Gasteiger partial charge in [0.05, 0.1) is 5.41 Å². The van der Waals surface area contributed by atoms with Gasteiger partial charge in [-0.2, -0.15) is 4.98 Å². The number of hydrogen-bond acceptors (Lipinski definition) is 5. The molecule has 3 unspecified atom stereocenters. The van der Waals surface area contributed by atoms with Crippen LogP contribution in [0.5, 0.6) is 0 Å². The Morgan fingerprint density at radius 2 is 2.26 bits per heavy atom. The molecule has 1 aliphatic carbocycles. The molecule has 1 aromatic heterocycles. The fourth-order valence-corrected chi connectivity index (χ4v) is 3.20. The average Bonchev–Trinajstić information content (AvgIpc) is 3.05. The first kappa shape index (κ1) is 13.1. The maximum atomic E-state index is 6.27. The lowest BCUT2D eigenvalue weighted by Crippen LogP contribution is -2.45. The van der Waals surface area contributed by atoms with Crippen LogP contribution in [0.2, 0.25) is 0 Å². The lowest BCUT2D eigenvalue weighted by molar-refractivity contribution is 0.185. The normalized spacial score (nSPS) is 35.7. The third kappa shape index (κ3) is 2.54. The van der Waals surface area contributed by atoms with Crippen molar-refractivity contribution in [3.8, 4) is 0 Å². The van der Waals surface area contributed by atoms with Crippen LogP contribution in [0.25, 0.3) is 0 Å². The Balaban J connectivity index is 1.72. The smallest absolute Gasteiger partial charge is 0.234 e. The highest BCUT2D eigenvalue weighted by molar-refractivity contribution is 5.10. The molecular formula is C14H23N3O2. The zero-order valence-corrected chi connectivity index (χ0v) is 11.6. The molecule has 0 bridgehead atoms. The first-order chi connectivity index (χ1) is 9.18. The SMILES string of the molecule is CC1(c2nc(CC3CCOC3)no2)CCCCC1N. The summed E-state index contributed by atoms with van der Waals surface area (Å²) in [5.41, 5.74) is 6.13. The Kier molecular flexibility index (Phi) is 3.58. The minimum atomic E-state index is -0.143. The van der Waals surface area contributed by atoms with Crippen molar-refractivity contribution in [1.82, 2.24) is 10.1 Å². The Labute approximate surface area is 113 Å². The summed E-state index contributed by atoms with van der Waals surface area (Å²) in [7, 11) is 0. The summed E-state index contributed by atoms with van der Waals surface area (Å²) >= 11 is 0. The largest absolute Gasteiger partial charge is 0.381 e. The van der Waals surface area contributed by atoms with Crippen LogP contribution in [0.3, 0.4) is 0 Å². The topological polar surface area (TPSA) is 74.2 Å². The predicted molar refractivity (Wildman–Crippen MR) is 70.7 cm³/mol. The number of ether oxygens (including phenoxy) is 1. The first-order valence-corrected chi connectivity index (χ1v) is 7.35. The van der Waals surface area contributed by atoms with Crippen LogP contribution in [-0.2, 0) is 16.6 Å². The molecule has 1 saturated carbocycles. The highest BCUT2D eigenvalue weighted by atomic mass is 16.5. The zero-order chi connectivity index (χ0) is 13.3. The third-order valence-corrected chi connectivity index (χ3v) is 4.73. The molecule has 2 heterocycles. The van der Waals surface area contributed by atoms with Crippen molar-refractivity contribution < 1.29 is 9.26 Å². The summed E-state index contributed by atoms with van der Waals surface area (Å²) in [5.74, 6) is 2.08. The summed E-state index contributed by atoms with van der Waals surface area (Å²) in [4.78, 5) is 4.61. The van der Waals surface area contributed by atoms with Gasteiger partial charge in [-0.05, 0) is 32.1 Å². The molecule has 2 aliphatic rings. The molecule has 5 nitrogen and oxygen atoms in total. The molecule has 0 aromatic carbocycles. The van der Waals surface area contributed by atoms with E-state index in [1.165, 1.54) is 12.8 Å². The standard InChI is InChI=1S/C14H23N3O2/c1-14(6-3-2-4-11(14)15)13-16-12(17-19-13)8-10-5-7-18-9-10/h10-11H,2-9,15H2,1H3. The summed E-state index contributed by atoms with van der Waals surface area (Å²) in [5, 5.41) is 4.14. The third-order valence-electron chi connectivity index (χ3n) is 4.73. The minimum absolute atomic E-state index is 0.129. The van der Waals surface area contributed by atoms with Crippen LogP contribution in [-0.4, -0.2) is 29.4 Å². The van der Waals surface area contributed by atoms with Gasteiger partial charge < -0.3 is 15.0 Å². The summed E-state index contributed by atoms with van der Waals surface area (Å²) < 4.78 is 10.9. The van der Waals surface area contributed by atoms with Crippen molar-refractivity contribution in [3.63, 3.8) is 0 Å². The van der Waals surface area contributed by atoms with Gasteiger partial charge in [0.25, 0.3) is 0 Å². The lowest BCUT2D eigenvalue weighted by Gasteiger charge is -2.35. The Morgan fingerprint density at radius 3 is 3.00 bits per heavy atom. The van der Waals surface area contributed by atoms with Crippen LogP contribution in [0.15, 0.2) is 4.52 Å². The van der Waals surface area contributed by atoms with Crippen molar-refractivity contribution in [2.45, 2.75) is 56.9 Å². The van der Waals surface area contributed by atoms with Crippen LogP contribution in [0.4, 0.5) is 0 Å². The van der Waals surface area contributed by atoms with Crippen molar-refractivity contribution in [3.05, 3.63) is 11.7 Å². The van der Waals surface area contributed by atoms with Crippen molar-refractivity contribution >= 4 is 0 Å². The molecule has 1 saturated heterocycles. The fraction of sp³-hybridized carbons (Fsp3) is 0.857. The maximum absolute atomic E-state index is 6.27. The molecule has 2 fully saturated rings. The molecule has 0 spiro atoms. The average molecular weight is 265 g/mol. The quantitative estimate of drug-likeness (QED) is 0.902. The monoisotopic (exact) mass is 265 g/mol. The second-order valence-electron chi connectivity index (χ2n) is 6.22. The second-order valence-corrected chi connectivity index (χ2v) is 6.22. The molecule has 1 aliphatic heterocycles. The maximum Gasteiger partial charge on any atom is 0.234 e. The van der Waals surface area contributed by atoms with Gasteiger partial charge >= 0.3 is 0 Å². The number of rotatable bonds is 3. The number of nitrogens with zero attached hydrogens (tertiary/aromatic N) is 2. The molecule has 106 valence electrons. The Bertz CT molecular complexity index is 428. The van der Waals surface area contributed by atoms with Crippen LogP contribution in [0.1, 0.15) is 50.7 Å². The van der Waals surface area contributed by atoms with Gasteiger partial charge in [-0.1, -0.05) is 18.0 Å². The lowest BCUT2D eigenvalue weighted by atomic mass is 9.72. The van der Waals surface area contributed by atoms with Gasteiger partial charge in [-0.25, -0.2) is 0 Å². The van der Waals surface area contributed by atoms with E-state index in [9.17, 15) is 0 Å². The first-order valence-electron chi connectivity index (χ1n) is 7.35. The predicted octanol–water partition coefficient (Wildman–Crippen LogP) is 1.81. The minimum Gasteiger partial charge on any atom is -0.381 e. The van der Waals surface area contributed by atoms with E-state index in [0.717, 1.165) is 50.6 Å². The Hall–Kier alpha value is -0.940. The van der Waals surface area contributed by atoms with E-state index in [2.05, 4.69) is 17.1 Å². The molecular weight excluding hydrogens is 242 g/mol. The fourth-order valence-electron chi connectivity index (χ4n) is 3.20. The van der Waals surface area contributed by atoms with Crippen LogP contribution < -0.4 is 5.73 Å². The van der Waals surface area contributed by atoms with E-state index in [4.69, 9.17) is 15.0 Å². The van der Waals surface area contributed by atoms with Gasteiger partial charge in [-0.3, -0.25) is 0 Å². The number of aromatic nitrogens is 2. The summed E-state index contributed by atoms with van der Waals surface area (Å²) in [6, 6.07) is 0.129. The molecule has 2 N–H and O–H groups in total. The molecule has 1 aromatic rings. The zero-order valence-electron chi connectivity index (χ0n) is 11.6. The van der Waals surface area contributed by atoms with E-state index in [0.29, 0.717) is 5.92 Å². The molecule has 0 radical (unpaired) electrons. The van der Waals surface area contributed by atoms with Gasteiger partial charge in [0, 0.05) is 25.7 Å². The van der Waals surface area contributed by atoms with E-state index >= 15 is 0 Å². The van der Waals surface area contributed by atoms with Crippen LogP contribution in [0, 0.1) is 5.92 Å². The highest BCUT2D eigenvalue weighted by Gasteiger charge is 2.40. The van der Waals surface area contributed by atoms with Crippen molar-refractivity contribution in [2.75, 3.05) is 13.2 Å². The van der Waals surface area contributed by atoms with Crippen molar-refractivity contribution in [2.24, 2.45) is 11.7 Å². The van der Waals surface area contributed by atoms with Crippen molar-refractivity contribution in [1.29, 1.82) is 0 Å². The van der Waals surface area contributed by atoms with Gasteiger partial charge in [-0.15, -0.1) is 0 Å². The number of hydrogen-bond donors (Lipinski definition) is 1. The van der Waals surface area contributed by atoms with Crippen LogP contribution >= 0.6 is 0 Å². The van der Waals surface area contributed by atoms with E-state index in [1.807, 2.05) is 0 Å². The van der Waals surface area contributed by atoms with Gasteiger partial charge in [0.15, 0.2) is 5.82 Å². The molecule has 3 rings (SSSR count). The molecule has 0 amide bonds. The number of nitrogens with two attached hydrogens (primary N) is 1. The molecule has 19 heavy (non-hydrogen) atoms. The summed E-state index contributed by atoms with van der Waals surface area (Å²) in [6.07, 6.45) is 6.44. The molecule has 5 heteroatoms. The summed E-state index contributed by atoms with van der Waals surface area (Å²) in [6.45, 7) is 3.84. The van der Waals surface area contributed by atoms with Gasteiger partial charge in [0.1, 0.15) is 0 Å². The highest BCUT2D eigenvalue weighted by Crippen LogP contribution is 2.37. The Morgan fingerprint density at radius 1 is 1.37 bits per heavy atom. The van der Waals surface area contributed by atoms with E-state index in [1.54, 1.807) is 0 Å². The van der Waals surface area contributed by atoms with Gasteiger partial charge in [0.2, 0.25) is 5.89 Å². The molecule has 3 atom stereocenters. The van der Waals surface area contributed by atoms with E-state index in [-0.39, 0.29) is 11.5 Å².